The maximum absolute atomic E-state index is 12.3. The summed E-state index contributed by atoms with van der Waals surface area (Å²) in [5.41, 5.74) is 3.26. The molecule has 3 heteroatoms. The van der Waals surface area contributed by atoms with Crippen molar-refractivity contribution >= 4 is 11.6 Å². The van der Waals surface area contributed by atoms with E-state index in [1.165, 1.54) is 5.56 Å². The van der Waals surface area contributed by atoms with Crippen LogP contribution in [0.15, 0.2) is 54.6 Å². The van der Waals surface area contributed by atoms with Crippen molar-refractivity contribution in [1.29, 1.82) is 0 Å². The fourth-order valence-corrected chi connectivity index (χ4v) is 2.63. The van der Waals surface area contributed by atoms with Gasteiger partial charge in [-0.05, 0) is 29.7 Å². The first-order chi connectivity index (χ1) is 10.9. The van der Waals surface area contributed by atoms with Gasteiger partial charge in [0.1, 0.15) is 0 Å². The zero-order chi connectivity index (χ0) is 16.9. The van der Waals surface area contributed by atoms with Crippen LogP contribution in [0.2, 0.25) is 0 Å². The minimum atomic E-state index is -0.000185. The summed E-state index contributed by atoms with van der Waals surface area (Å²) >= 11 is 0. The first kappa shape index (κ1) is 17.2. The molecule has 2 aromatic rings. The van der Waals surface area contributed by atoms with Crippen molar-refractivity contribution in [2.24, 2.45) is 0 Å². The van der Waals surface area contributed by atoms with Gasteiger partial charge in [0, 0.05) is 12.2 Å². The predicted octanol–water partition coefficient (Wildman–Crippen LogP) is 4.05. The molecule has 0 fully saturated rings. The fraction of sp³-hybridized carbons (Fsp3) is 0.350. The Balaban J connectivity index is 1.98. The van der Waals surface area contributed by atoms with Gasteiger partial charge in [0.05, 0.1) is 6.54 Å². The second kappa shape index (κ2) is 7.42. The smallest absolute Gasteiger partial charge is 0.238 e. The third-order valence-corrected chi connectivity index (χ3v) is 3.72. The lowest BCUT2D eigenvalue weighted by Crippen LogP contribution is -2.30. The summed E-state index contributed by atoms with van der Waals surface area (Å²) in [4.78, 5) is 14.4. The topological polar surface area (TPSA) is 32.3 Å². The summed E-state index contributed by atoms with van der Waals surface area (Å²) in [6.45, 7) is 7.58. The number of likely N-dealkylation sites (N-methyl/N-ethyl adjacent to an activating group) is 1. The van der Waals surface area contributed by atoms with E-state index in [-0.39, 0.29) is 11.3 Å². The van der Waals surface area contributed by atoms with E-state index in [4.69, 9.17) is 0 Å². The van der Waals surface area contributed by atoms with Crippen LogP contribution in [0.25, 0.3) is 0 Å². The number of carbonyl (C=O) groups is 1. The van der Waals surface area contributed by atoms with Crippen LogP contribution in [0.3, 0.4) is 0 Å². The number of carbonyl (C=O) groups excluding carboxylic acids is 1. The van der Waals surface area contributed by atoms with E-state index in [9.17, 15) is 4.79 Å². The standard InChI is InChI=1S/C20H26N2O/c1-20(2,3)17-12-8-9-13-18(17)21-19(23)15-22(4)14-16-10-6-5-7-11-16/h5-13H,14-15H2,1-4H3,(H,21,23). The number of amides is 1. The van der Waals surface area contributed by atoms with Gasteiger partial charge in [0.15, 0.2) is 0 Å². The van der Waals surface area contributed by atoms with Crippen molar-refractivity contribution in [3.05, 3.63) is 65.7 Å². The number of para-hydroxylation sites is 1. The van der Waals surface area contributed by atoms with Crippen LogP contribution in [0.4, 0.5) is 5.69 Å². The lowest BCUT2D eigenvalue weighted by atomic mass is 9.86. The van der Waals surface area contributed by atoms with E-state index < -0.39 is 0 Å². The van der Waals surface area contributed by atoms with Gasteiger partial charge in [-0.3, -0.25) is 9.69 Å². The molecule has 0 bridgehead atoms. The van der Waals surface area contributed by atoms with Crippen LogP contribution in [0.5, 0.6) is 0 Å². The highest BCUT2D eigenvalue weighted by Gasteiger charge is 2.18. The molecule has 0 unspecified atom stereocenters. The van der Waals surface area contributed by atoms with Crippen LogP contribution in [0.1, 0.15) is 31.9 Å². The molecule has 0 atom stereocenters. The lowest BCUT2D eigenvalue weighted by Gasteiger charge is -2.23. The molecule has 23 heavy (non-hydrogen) atoms. The largest absolute Gasteiger partial charge is 0.325 e. The van der Waals surface area contributed by atoms with Crippen LogP contribution >= 0.6 is 0 Å². The Morgan fingerprint density at radius 3 is 2.26 bits per heavy atom. The van der Waals surface area contributed by atoms with Crippen molar-refractivity contribution in [3.63, 3.8) is 0 Å². The number of nitrogens with one attached hydrogen (secondary N) is 1. The quantitative estimate of drug-likeness (QED) is 0.903. The molecular formula is C20H26N2O. The van der Waals surface area contributed by atoms with E-state index in [2.05, 4.69) is 44.3 Å². The Morgan fingerprint density at radius 2 is 1.61 bits per heavy atom. The maximum atomic E-state index is 12.3. The van der Waals surface area contributed by atoms with Crippen LogP contribution in [0, 0.1) is 0 Å². The number of nitrogens with zero attached hydrogens (tertiary/aromatic N) is 1. The summed E-state index contributed by atoms with van der Waals surface area (Å²) in [5, 5.41) is 3.05. The average Bonchev–Trinajstić information content (AvgIpc) is 2.47. The van der Waals surface area contributed by atoms with Crippen molar-refractivity contribution in [1.82, 2.24) is 4.90 Å². The summed E-state index contributed by atoms with van der Waals surface area (Å²) in [6, 6.07) is 18.2. The Hall–Kier alpha value is -2.13. The molecule has 0 aliphatic rings. The highest BCUT2D eigenvalue weighted by atomic mass is 16.2. The zero-order valence-electron chi connectivity index (χ0n) is 14.5. The Kier molecular flexibility index (Phi) is 5.56. The van der Waals surface area contributed by atoms with Gasteiger partial charge in [-0.2, -0.15) is 0 Å². The van der Waals surface area contributed by atoms with Crippen molar-refractivity contribution in [3.8, 4) is 0 Å². The minimum absolute atomic E-state index is 0.000185. The Morgan fingerprint density at radius 1 is 1.00 bits per heavy atom. The molecule has 0 saturated carbocycles. The van der Waals surface area contributed by atoms with Crippen LogP contribution in [-0.2, 0) is 16.8 Å². The predicted molar refractivity (Wildman–Crippen MR) is 96.5 cm³/mol. The average molecular weight is 310 g/mol. The molecule has 1 amide bonds. The Labute approximate surface area is 139 Å². The first-order valence-corrected chi connectivity index (χ1v) is 7.98. The molecule has 0 spiro atoms. The molecule has 0 saturated heterocycles. The third-order valence-electron chi connectivity index (χ3n) is 3.72. The molecular weight excluding hydrogens is 284 g/mol. The van der Waals surface area contributed by atoms with Gasteiger partial charge in [-0.25, -0.2) is 0 Å². The van der Waals surface area contributed by atoms with E-state index in [0.717, 1.165) is 17.8 Å². The second-order valence-electron chi connectivity index (χ2n) is 7.00. The fourth-order valence-electron chi connectivity index (χ4n) is 2.63. The van der Waals surface area contributed by atoms with Crippen molar-refractivity contribution < 1.29 is 4.79 Å². The summed E-state index contributed by atoms with van der Waals surface area (Å²) in [7, 11) is 1.96. The van der Waals surface area contributed by atoms with Gasteiger partial charge < -0.3 is 5.32 Å². The van der Waals surface area contributed by atoms with E-state index in [1.807, 2.05) is 48.3 Å². The molecule has 0 aromatic heterocycles. The maximum Gasteiger partial charge on any atom is 0.238 e. The molecule has 1 N–H and O–H groups in total. The number of rotatable bonds is 5. The molecule has 0 aliphatic heterocycles. The number of hydrogen-bond donors (Lipinski definition) is 1. The molecule has 2 rings (SSSR count). The zero-order valence-corrected chi connectivity index (χ0v) is 14.5. The lowest BCUT2D eigenvalue weighted by molar-refractivity contribution is -0.117. The van der Waals surface area contributed by atoms with E-state index >= 15 is 0 Å². The number of anilines is 1. The normalized spacial score (nSPS) is 11.5. The van der Waals surface area contributed by atoms with Gasteiger partial charge >= 0.3 is 0 Å². The van der Waals surface area contributed by atoms with Crippen LogP contribution in [-0.4, -0.2) is 24.4 Å². The SMILES string of the molecule is CN(CC(=O)Nc1ccccc1C(C)(C)C)Cc1ccccc1. The number of benzene rings is 2. The summed E-state index contributed by atoms with van der Waals surface area (Å²) in [5.74, 6) is 0.0140. The second-order valence-corrected chi connectivity index (χ2v) is 7.00. The van der Waals surface area contributed by atoms with Crippen LogP contribution < -0.4 is 5.32 Å². The summed E-state index contributed by atoms with van der Waals surface area (Å²) < 4.78 is 0. The summed E-state index contributed by atoms with van der Waals surface area (Å²) in [6.07, 6.45) is 0. The van der Waals surface area contributed by atoms with E-state index in [0.29, 0.717) is 6.54 Å². The highest BCUT2D eigenvalue weighted by Crippen LogP contribution is 2.29. The first-order valence-electron chi connectivity index (χ1n) is 7.98. The van der Waals surface area contributed by atoms with Crippen molar-refractivity contribution in [2.75, 3.05) is 18.9 Å². The van der Waals surface area contributed by atoms with Gasteiger partial charge in [0.2, 0.25) is 5.91 Å². The third kappa shape index (κ3) is 5.22. The minimum Gasteiger partial charge on any atom is -0.325 e. The molecule has 3 nitrogen and oxygen atoms in total. The molecule has 122 valence electrons. The Bertz CT molecular complexity index is 644. The van der Waals surface area contributed by atoms with E-state index in [1.54, 1.807) is 0 Å². The van der Waals surface area contributed by atoms with Gasteiger partial charge in [0.25, 0.3) is 0 Å². The van der Waals surface area contributed by atoms with Crippen molar-refractivity contribution in [2.45, 2.75) is 32.7 Å². The van der Waals surface area contributed by atoms with Gasteiger partial charge in [-0.1, -0.05) is 69.3 Å². The molecule has 0 radical (unpaired) electrons. The molecule has 0 heterocycles. The monoisotopic (exact) mass is 310 g/mol. The molecule has 2 aromatic carbocycles. The molecule has 0 aliphatic carbocycles. The van der Waals surface area contributed by atoms with Gasteiger partial charge in [-0.15, -0.1) is 0 Å². The number of hydrogen-bond acceptors (Lipinski definition) is 2. The highest BCUT2D eigenvalue weighted by molar-refractivity contribution is 5.93.